The van der Waals surface area contributed by atoms with E-state index in [9.17, 15) is 0 Å². The van der Waals surface area contributed by atoms with Gasteiger partial charge in [0.2, 0.25) is 0 Å². The number of rotatable bonds is 4. The van der Waals surface area contributed by atoms with Gasteiger partial charge in [0.05, 0.1) is 23.2 Å². The molecule has 0 N–H and O–H groups in total. The summed E-state index contributed by atoms with van der Waals surface area (Å²) in [5.74, 6) is 0. The molecule has 2 atom stereocenters. The summed E-state index contributed by atoms with van der Waals surface area (Å²) in [6, 6.07) is 21.0. The van der Waals surface area contributed by atoms with E-state index < -0.39 is 0 Å². The van der Waals surface area contributed by atoms with Gasteiger partial charge in [0, 0.05) is 60.7 Å². The van der Waals surface area contributed by atoms with Crippen LogP contribution in [0, 0.1) is 0 Å². The highest BCUT2D eigenvalue weighted by Crippen LogP contribution is 2.32. The van der Waals surface area contributed by atoms with Crippen LogP contribution in [0.1, 0.15) is 12.8 Å². The number of aromatic nitrogens is 2. The molecule has 0 aliphatic carbocycles. The first kappa shape index (κ1) is 18.6. The lowest BCUT2D eigenvalue weighted by Gasteiger charge is -2.23. The minimum Gasteiger partial charge on any atom is -0.371 e. The lowest BCUT2D eigenvalue weighted by atomic mass is 10.2. The monoisotopic (exact) mass is 410 g/mol. The number of nitrogens with zero attached hydrogens (tertiary/aromatic N) is 4. The Morgan fingerprint density at radius 1 is 0.645 bits per heavy atom. The van der Waals surface area contributed by atoms with Crippen LogP contribution in [0.3, 0.4) is 0 Å². The van der Waals surface area contributed by atoms with Gasteiger partial charge in [0.1, 0.15) is 0 Å². The second-order valence-electron chi connectivity index (χ2n) is 8.54. The summed E-state index contributed by atoms with van der Waals surface area (Å²) in [6.45, 7) is 3.96. The summed E-state index contributed by atoms with van der Waals surface area (Å²) in [5.41, 5.74) is 4.65. The molecule has 2 fully saturated rings. The Bertz CT molecular complexity index is 1120. The van der Waals surface area contributed by atoms with Crippen molar-refractivity contribution in [3.05, 3.63) is 73.1 Å². The van der Waals surface area contributed by atoms with Crippen LogP contribution in [0.25, 0.3) is 21.8 Å². The second-order valence-corrected chi connectivity index (χ2v) is 8.54. The molecule has 6 rings (SSSR count). The van der Waals surface area contributed by atoms with Crippen molar-refractivity contribution >= 4 is 33.2 Å². The Morgan fingerprint density at radius 2 is 1.13 bits per heavy atom. The van der Waals surface area contributed by atoms with Crippen molar-refractivity contribution in [2.24, 2.45) is 0 Å². The van der Waals surface area contributed by atoms with Crippen LogP contribution in [0.15, 0.2) is 73.1 Å². The van der Waals surface area contributed by atoms with E-state index >= 15 is 0 Å². The lowest BCUT2D eigenvalue weighted by molar-refractivity contribution is 0.0125. The Balaban J connectivity index is 1.13. The van der Waals surface area contributed by atoms with Crippen LogP contribution in [0.4, 0.5) is 11.4 Å². The average Bonchev–Trinajstić information content (AvgIpc) is 3.48. The largest absolute Gasteiger partial charge is 0.371 e. The molecule has 2 saturated heterocycles. The molecule has 0 saturated carbocycles. The molecular weight excluding hydrogens is 384 g/mol. The molecule has 31 heavy (non-hydrogen) atoms. The topological polar surface area (TPSA) is 41.5 Å². The molecule has 0 bridgehead atoms. The van der Waals surface area contributed by atoms with Gasteiger partial charge >= 0.3 is 0 Å². The van der Waals surface area contributed by atoms with Gasteiger partial charge in [-0.1, -0.05) is 36.4 Å². The number of pyridine rings is 2. The molecule has 5 heteroatoms. The first-order valence-corrected chi connectivity index (χ1v) is 11.2. The fourth-order valence-electron chi connectivity index (χ4n) is 5.10. The SMILES string of the molecule is c1ccc2c(N3CCC(OC4CCN(c5ccnc6ccccc56)C4)C3)ccnc2c1. The minimum absolute atomic E-state index is 0.283. The predicted octanol–water partition coefficient (Wildman–Crippen LogP) is 4.66. The molecule has 156 valence electrons. The molecule has 4 aromatic rings. The van der Waals surface area contributed by atoms with Gasteiger partial charge in [-0.05, 0) is 37.1 Å². The molecule has 5 nitrogen and oxygen atoms in total. The van der Waals surface area contributed by atoms with Gasteiger partial charge in [-0.15, -0.1) is 0 Å². The van der Waals surface area contributed by atoms with E-state index in [4.69, 9.17) is 4.74 Å². The number of para-hydroxylation sites is 2. The van der Waals surface area contributed by atoms with Gasteiger partial charge in [-0.2, -0.15) is 0 Å². The van der Waals surface area contributed by atoms with Crippen LogP contribution in [0.5, 0.6) is 0 Å². The molecule has 2 aliphatic heterocycles. The maximum absolute atomic E-state index is 6.59. The summed E-state index contributed by atoms with van der Waals surface area (Å²) >= 11 is 0. The number of hydrogen-bond donors (Lipinski definition) is 0. The third kappa shape index (κ3) is 3.49. The highest BCUT2D eigenvalue weighted by molar-refractivity contribution is 5.92. The summed E-state index contributed by atoms with van der Waals surface area (Å²) in [5, 5.41) is 2.45. The molecule has 0 spiro atoms. The van der Waals surface area contributed by atoms with Crippen LogP contribution < -0.4 is 9.80 Å². The van der Waals surface area contributed by atoms with Crippen LogP contribution in [-0.2, 0) is 4.74 Å². The normalized spacial score (nSPS) is 21.4. The maximum atomic E-state index is 6.59. The molecule has 0 amide bonds. The summed E-state index contributed by atoms with van der Waals surface area (Å²) in [6.07, 6.45) is 6.55. The van der Waals surface area contributed by atoms with Gasteiger partial charge in [0.15, 0.2) is 0 Å². The van der Waals surface area contributed by atoms with Crippen LogP contribution in [0.2, 0.25) is 0 Å². The van der Waals surface area contributed by atoms with Crippen molar-refractivity contribution < 1.29 is 4.74 Å². The van der Waals surface area contributed by atoms with Crippen molar-refractivity contribution in [1.29, 1.82) is 0 Å². The smallest absolute Gasteiger partial charge is 0.0771 e. The van der Waals surface area contributed by atoms with Crippen molar-refractivity contribution in [1.82, 2.24) is 9.97 Å². The lowest BCUT2D eigenvalue weighted by Crippen LogP contribution is -2.29. The molecule has 2 unspecified atom stereocenters. The first-order chi connectivity index (χ1) is 15.3. The molecule has 2 aromatic heterocycles. The van der Waals surface area contributed by atoms with E-state index in [0.29, 0.717) is 0 Å². The van der Waals surface area contributed by atoms with Crippen LogP contribution in [-0.4, -0.2) is 48.4 Å². The number of hydrogen-bond acceptors (Lipinski definition) is 5. The number of fused-ring (bicyclic) bond motifs is 2. The summed E-state index contributed by atoms with van der Waals surface area (Å²) < 4.78 is 6.59. The third-order valence-electron chi connectivity index (χ3n) is 6.61. The van der Waals surface area contributed by atoms with E-state index in [1.54, 1.807) is 0 Å². The Kier molecular flexibility index (Phi) is 4.69. The highest BCUT2D eigenvalue weighted by atomic mass is 16.5. The first-order valence-electron chi connectivity index (χ1n) is 11.2. The molecule has 4 heterocycles. The second kappa shape index (κ2) is 7.82. The van der Waals surface area contributed by atoms with E-state index in [1.165, 1.54) is 22.1 Å². The average molecular weight is 411 g/mol. The van der Waals surface area contributed by atoms with Gasteiger partial charge in [-0.25, -0.2) is 0 Å². The quantitative estimate of drug-likeness (QED) is 0.490. The molecular formula is C26H26N4O. The van der Waals surface area contributed by atoms with Crippen LogP contribution >= 0.6 is 0 Å². The summed E-state index contributed by atoms with van der Waals surface area (Å²) in [4.78, 5) is 13.9. The zero-order valence-electron chi connectivity index (χ0n) is 17.5. The Labute approximate surface area is 182 Å². The van der Waals surface area contributed by atoms with Crippen molar-refractivity contribution in [3.63, 3.8) is 0 Å². The predicted molar refractivity (Wildman–Crippen MR) is 126 cm³/mol. The number of ether oxygens (including phenoxy) is 1. The number of benzene rings is 2. The minimum atomic E-state index is 0.283. The van der Waals surface area contributed by atoms with Crippen molar-refractivity contribution in [3.8, 4) is 0 Å². The fraction of sp³-hybridized carbons (Fsp3) is 0.308. The molecule has 0 radical (unpaired) electrons. The van der Waals surface area contributed by atoms with E-state index in [0.717, 1.165) is 50.1 Å². The van der Waals surface area contributed by atoms with Gasteiger partial charge in [-0.3, -0.25) is 9.97 Å². The highest BCUT2D eigenvalue weighted by Gasteiger charge is 2.31. The number of anilines is 2. The Hall–Kier alpha value is -3.18. The van der Waals surface area contributed by atoms with Crippen molar-refractivity contribution in [2.75, 3.05) is 36.0 Å². The Morgan fingerprint density at radius 3 is 1.65 bits per heavy atom. The fourth-order valence-corrected chi connectivity index (χ4v) is 5.10. The van der Waals surface area contributed by atoms with E-state index in [-0.39, 0.29) is 12.2 Å². The van der Waals surface area contributed by atoms with E-state index in [2.05, 4.69) is 68.3 Å². The van der Waals surface area contributed by atoms with Gasteiger partial charge < -0.3 is 14.5 Å². The molecule has 2 aromatic carbocycles. The molecule has 2 aliphatic rings. The van der Waals surface area contributed by atoms with Gasteiger partial charge in [0.25, 0.3) is 0 Å². The zero-order chi connectivity index (χ0) is 20.6. The van der Waals surface area contributed by atoms with E-state index in [1.807, 2.05) is 24.5 Å². The van der Waals surface area contributed by atoms with Crippen molar-refractivity contribution in [2.45, 2.75) is 25.0 Å². The zero-order valence-corrected chi connectivity index (χ0v) is 17.5. The third-order valence-corrected chi connectivity index (χ3v) is 6.61. The summed E-state index contributed by atoms with van der Waals surface area (Å²) in [7, 11) is 0. The standard InChI is InChI=1S/C26H26N4O/c1-3-7-23-21(5-1)25(9-13-27-23)29-15-11-19(17-29)31-20-12-16-30(18-20)26-10-14-28-24-8-4-2-6-22(24)26/h1-10,13-14,19-20H,11-12,15-18H2. The maximum Gasteiger partial charge on any atom is 0.0771 e.